The van der Waals surface area contributed by atoms with E-state index in [2.05, 4.69) is 21.3 Å². The lowest BCUT2D eigenvalue weighted by Crippen LogP contribution is -2.49. The number of carbonyl (C=O) groups is 5. The van der Waals surface area contributed by atoms with Crippen LogP contribution in [0, 0.1) is 0 Å². The minimum atomic E-state index is -1.27. The SMILES string of the molecule is CC(C)(C)OC(=O)CC(NC(=O)CNC(=O)CCOCCOCC(CCCCNC(=O)OC(C)(C)C)OCCN)C(=O)Nc1ccc(CO)cc1. The molecular weight excluding hydrogens is 666 g/mol. The van der Waals surface area contributed by atoms with Gasteiger partial charge in [0.15, 0.2) is 0 Å². The number of carbonyl (C=O) groups excluding carboxylic acids is 5. The summed E-state index contributed by atoms with van der Waals surface area (Å²) in [7, 11) is 0. The molecule has 0 heterocycles. The molecule has 16 heteroatoms. The number of amides is 4. The van der Waals surface area contributed by atoms with Gasteiger partial charge in [-0.1, -0.05) is 12.1 Å². The summed E-state index contributed by atoms with van der Waals surface area (Å²) in [6, 6.07) is 5.14. The maximum atomic E-state index is 13.0. The average Bonchev–Trinajstić information content (AvgIpc) is 3.03. The topological polar surface area (TPSA) is 226 Å². The highest BCUT2D eigenvalue weighted by molar-refractivity contribution is 5.99. The smallest absolute Gasteiger partial charge is 0.407 e. The highest BCUT2D eigenvalue weighted by Gasteiger charge is 2.27. The van der Waals surface area contributed by atoms with Crippen molar-refractivity contribution in [3.8, 4) is 0 Å². The Kier molecular flexibility index (Phi) is 21.6. The number of rotatable bonds is 24. The molecule has 1 aromatic carbocycles. The van der Waals surface area contributed by atoms with Crippen LogP contribution in [0.3, 0.4) is 0 Å². The van der Waals surface area contributed by atoms with Gasteiger partial charge in [0.25, 0.3) is 0 Å². The van der Waals surface area contributed by atoms with Crippen molar-refractivity contribution in [3.05, 3.63) is 29.8 Å². The second-order valence-corrected chi connectivity index (χ2v) is 13.7. The summed E-state index contributed by atoms with van der Waals surface area (Å²) >= 11 is 0. The number of benzene rings is 1. The van der Waals surface area contributed by atoms with Crippen LogP contribution in [0.25, 0.3) is 0 Å². The Labute approximate surface area is 301 Å². The molecule has 0 saturated carbocycles. The summed E-state index contributed by atoms with van der Waals surface area (Å²) < 4.78 is 27.4. The van der Waals surface area contributed by atoms with Gasteiger partial charge in [0.2, 0.25) is 17.7 Å². The van der Waals surface area contributed by atoms with E-state index in [1.54, 1.807) is 65.8 Å². The Morgan fingerprint density at radius 2 is 1.49 bits per heavy atom. The summed E-state index contributed by atoms with van der Waals surface area (Å²) in [4.78, 5) is 62.1. The summed E-state index contributed by atoms with van der Waals surface area (Å²) in [5.74, 6) is -2.47. The van der Waals surface area contributed by atoms with E-state index in [4.69, 9.17) is 29.4 Å². The lowest BCUT2D eigenvalue weighted by Gasteiger charge is -2.23. The fourth-order valence-electron chi connectivity index (χ4n) is 4.25. The van der Waals surface area contributed by atoms with Gasteiger partial charge in [-0.3, -0.25) is 19.2 Å². The molecule has 16 nitrogen and oxygen atoms in total. The lowest BCUT2D eigenvalue weighted by molar-refractivity contribution is -0.156. The minimum absolute atomic E-state index is 0.0154. The first-order chi connectivity index (χ1) is 24.0. The highest BCUT2D eigenvalue weighted by atomic mass is 16.6. The van der Waals surface area contributed by atoms with Gasteiger partial charge in [0.05, 0.1) is 58.7 Å². The minimum Gasteiger partial charge on any atom is -0.460 e. The molecule has 51 heavy (non-hydrogen) atoms. The Hall–Kier alpha value is -3.83. The molecule has 0 fully saturated rings. The van der Waals surface area contributed by atoms with Crippen LogP contribution in [-0.2, 0) is 49.5 Å². The monoisotopic (exact) mass is 725 g/mol. The predicted octanol–water partition coefficient (Wildman–Crippen LogP) is 1.91. The molecule has 0 saturated heterocycles. The number of hydrogen-bond donors (Lipinski definition) is 6. The van der Waals surface area contributed by atoms with Crippen molar-refractivity contribution in [1.82, 2.24) is 16.0 Å². The molecule has 0 aromatic heterocycles. The van der Waals surface area contributed by atoms with Crippen molar-refractivity contribution in [2.45, 2.75) is 104 Å². The molecule has 2 unspecified atom stereocenters. The largest absolute Gasteiger partial charge is 0.460 e. The predicted molar refractivity (Wildman–Crippen MR) is 190 cm³/mol. The van der Waals surface area contributed by atoms with Crippen LogP contribution in [0.5, 0.6) is 0 Å². The van der Waals surface area contributed by atoms with Gasteiger partial charge < -0.3 is 55.8 Å². The van der Waals surface area contributed by atoms with Crippen molar-refractivity contribution in [1.29, 1.82) is 0 Å². The van der Waals surface area contributed by atoms with Crippen molar-refractivity contribution < 1.29 is 52.8 Å². The number of aliphatic hydroxyl groups is 1. The summed E-state index contributed by atoms with van der Waals surface area (Å²) in [5, 5.41) is 19.5. The van der Waals surface area contributed by atoms with Crippen LogP contribution >= 0.6 is 0 Å². The zero-order chi connectivity index (χ0) is 38.3. The standard InChI is InChI=1S/C35H59N5O11/c1-34(2,3)50-31(44)21-28(32(45)39-26-12-10-25(23-41)11-13-26)40-30(43)22-38-29(42)14-17-47-19-20-48-24-27(49-18-15-36)9-7-8-16-37-33(46)51-35(4,5)6/h10-13,27-28,41H,7-9,14-24,36H2,1-6H3,(H,37,46)(H,38,42)(H,39,45)(H,40,43). The van der Waals surface area contributed by atoms with Crippen LogP contribution < -0.4 is 27.0 Å². The van der Waals surface area contributed by atoms with Gasteiger partial charge in [-0.15, -0.1) is 0 Å². The average molecular weight is 726 g/mol. The molecule has 0 aliphatic carbocycles. The first-order valence-electron chi connectivity index (χ1n) is 17.2. The van der Waals surface area contributed by atoms with Gasteiger partial charge in [-0.05, 0) is 78.5 Å². The Morgan fingerprint density at radius 3 is 2.12 bits per heavy atom. The number of anilines is 1. The molecule has 0 spiro atoms. The number of unbranched alkanes of at least 4 members (excludes halogenated alkanes) is 1. The van der Waals surface area contributed by atoms with Crippen molar-refractivity contribution in [2.24, 2.45) is 5.73 Å². The van der Waals surface area contributed by atoms with E-state index in [1.807, 2.05) is 0 Å². The van der Waals surface area contributed by atoms with Crippen LogP contribution in [0.15, 0.2) is 24.3 Å². The van der Waals surface area contributed by atoms with Crippen LogP contribution in [-0.4, -0.2) is 111 Å². The fourth-order valence-corrected chi connectivity index (χ4v) is 4.25. The number of alkyl carbamates (subject to hydrolysis) is 1. The van der Waals surface area contributed by atoms with E-state index in [1.165, 1.54) is 0 Å². The van der Waals surface area contributed by atoms with Crippen LogP contribution in [0.1, 0.15) is 79.2 Å². The Balaban J connectivity index is 2.39. The number of esters is 1. The molecule has 7 N–H and O–H groups in total. The second kappa shape index (κ2) is 24.4. The highest BCUT2D eigenvalue weighted by Crippen LogP contribution is 2.13. The van der Waals surface area contributed by atoms with E-state index < -0.39 is 60.0 Å². The maximum Gasteiger partial charge on any atom is 0.407 e. The van der Waals surface area contributed by atoms with Crippen molar-refractivity contribution in [3.63, 3.8) is 0 Å². The van der Waals surface area contributed by atoms with Gasteiger partial charge in [-0.2, -0.15) is 0 Å². The second-order valence-electron chi connectivity index (χ2n) is 13.7. The third-order valence-corrected chi connectivity index (χ3v) is 6.53. The van der Waals surface area contributed by atoms with Gasteiger partial charge in [-0.25, -0.2) is 4.79 Å². The van der Waals surface area contributed by atoms with Crippen LogP contribution in [0.2, 0.25) is 0 Å². The number of aliphatic hydroxyl groups excluding tert-OH is 1. The Bertz CT molecular complexity index is 1200. The quantitative estimate of drug-likeness (QED) is 0.0664. The van der Waals surface area contributed by atoms with E-state index in [0.29, 0.717) is 37.6 Å². The number of ether oxygens (including phenoxy) is 5. The number of nitrogens with one attached hydrogen (secondary N) is 4. The summed E-state index contributed by atoms with van der Waals surface area (Å²) in [5.41, 5.74) is 5.28. The van der Waals surface area contributed by atoms with Crippen molar-refractivity contribution >= 4 is 35.5 Å². The molecule has 0 aliphatic rings. The molecule has 4 amide bonds. The van der Waals surface area contributed by atoms with E-state index in [9.17, 15) is 29.1 Å². The molecule has 2 atom stereocenters. The first kappa shape index (κ1) is 45.2. The normalized spacial score (nSPS) is 12.7. The van der Waals surface area contributed by atoms with Gasteiger partial charge >= 0.3 is 12.1 Å². The lowest BCUT2D eigenvalue weighted by atomic mass is 10.1. The zero-order valence-corrected chi connectivity index (χ0v) is 31.0. The zero-order valence-electron chi connectivity index (χ0n) is 31.0. The molecule has 1 aromatic rings. The van der Waals surface area contributed by atoms with Gasteiger partial charge in [0, 0.05) is 25.2 Å². The van der Waals surface area contributed by atoms with Crippen molar-refractivity contribution in [2.75, 3.05) is 58.0 Å². The van der Waals surface area contributed by atoms with E-state index >= 15 is 0 Å². The molecule has 290 valence electrons. The van der Waals surface area contributed by atoms with E-state index in [-0.39, 0.29) is 39.0 Å². The molecule has 1 rings (SSSR count). The van der Waals surface area contributed by atoms with Crippen LogP contribution in [0.4, 0.5) is 10.5 Å². The molecule has 0 radical (unpaired) electrons. The third kappa shape index (κ3) is 24.1. The number of nitrogens with two attached hydrogens (primary N) is 1. The van der Waals surface area contributed by atoms with Gasteiger partial charge in [0.1, 0.15) is 17.2 Å². The molecular formula is C35H59N5O11. The Morgan fingerprint density at radius 1 is 0.824 bits per heavy atom. The first-order valence-corrected chi connectivity index (χ1v) is 17.2. The molecule has 0 aliphatic heterocycles. The molecule has 0 bridgehead atoms. The third-order valence-electron chi connectivity index (χ3n) is 6.53. The summed E-state index contributed by atoms with van der Waals surface area (Å²) in [6.07, 6.45) is 1.21. The van der Waals surface area contributed by atoms with E-state index in [0.717, 1.165) is 19.3 Å². The number of hydrogen-bond acceptors (Lipinski definition) is 12. The summed E-state index contributed by atoms with van der Waals surface area (Å²) in [6.45, 7) is 12.1. The maximum absolute atomic E-state index is 13.0. The fraction of sp³-hybridized carbons (Fsp3) is 0.686.